The summed E-state index contributed by atoms with van der Waals surface area (Å²) < 4.78 is 50.7. The lowest BCUT2D eigenvalue weighted by molar-refractivity contribution is 0.594. The fourth-order valence-corrected chi connectivity index (χ4v) is 3.62. The van der Waals surface area contributed by atoms with Crippen LogP contribution in [0.3, 0.4) is 0 Å². The fraction of sp³-hybridized carbons (Fsp3) is 0.143. The zero-order valence-electron chi connectivity index (χ0n) is 12.1. The van der Waals surface area contributed by atoms with Gasteiger partial charge in [-0.25, -0.2) is 16.8 Å². The molecule has 0 heterocycles. The van der Waals surface area contributed by atoms with Gasteiger partial charge < -0.3 is 0 Å². The largest absolute Gasteiger partial charge is 0.284 e. The highest BCUT2D eigenvalue weighted by Crippen LogP contribution is 2.23. The Labute approximate surface area is 130 Å². The second-order valence-corrected chi connectivity index (χ2v) is 8.42. The topological polar surface area (TPSA) is 83.6 Å². The molecule has 0 saturated carbocycles. The average Bonchev–Trinajstić information content (AvgIpc) is 2.46. The maximum atomic E-state index is 12.5. The van der Waals surface area contributed by atoms with Gasteiger partial charge in [-0.05, 0) is 36.4 Å². The van der Waals surface area contributed by atoms with Crippen molar-refractivity contribution in [2.24, 2.45) is 0 Å². The van der Waals surface area contributed by atoms with E-state index in [0.717, 1.165) is 10.6 Å². The van der Waals surface area contributed by atoms with Gasteiger partial charge >= 0.3 is 0 Å². The van der Waals surface area contributed by atoms with Crippen LogP contribution in [0, 0.1) is 0 Å². The number of sulfonamides is 2. The summed E-state index contributed by atoms with van der Waals surface area (Å²) in [7, 11) is -5.56. The summed E-state index contributed by atoms with van der Waals surface area (Å²) in [5.74, 6) is 0. The van der Waals surface area contributed by atoms with Crippen molar-refractivity contribution in [2.45, 2.75) is 4.90 Å². The smallest absolute Gasteiger partial charge is 0.264 e. The number of nitrogens with zero attached hydrogens (tertiary/aromatic N) is 1. The van der Waals surface area contributed by atoms with Crippen molar-refractivity contribution in [3.63, 3.8) is 0 Å². The summed E-state index contributed by atoms with van der Waals surface area (Å²) in [6.45, 7) is 0. The molecule has 0 atom stereocenters. The summed E-state index contributed by atoms with van der Waals surface area (Å²) in [6, 6.07) is 14.2. The van der Waals surface area contributed by atoms with Crippen LogP contribution >= 0.6 is 0 Å². The van der Waals surface area contributed by atoms with Crippen LogP contribution in [0.15, 0.2) is 59.5 Å². The van der Waals surface area contributed by atoms with Crippen LogP contribution in [0.5, 0.6) is 0 Å². The molecule has 0 aliphatic carbocycles. The molecule has 1 N–H and O–H groups in total. The second kappa shape index (κ2) is 5.98. The van der Waals surface area contributed by atoms with E-state index in [1.54, 1.807) is 18.2 Å². The van der Waals surface area contributed by atoms with Crippen molar-refractivity contribution >= 4 is 31.4 Å². The molecule has 0 amide bonds. The van der Waals surface area contributed by atoms with Gasteiger partial charge in [0.1, 0.15) is 0 Å². The van der Waals surface area contributed by atoms with Gasteiger partial charge in [-0.3, -0.25) is 9.03 Å². The predicted molar refractivity (Wildman–Crippen MR) is 86.9 cm³/mol. The monoisotopic (exact) mass is 340 g/mol. The van der Waals surface area contributed by atoms with E-state index in [0.29, 0.717) is 11.4 Å². The minimum absolute atomic E-state index is 0.191. The third kappa shape index (κ3) is 3.77. The Kier molecular flexibility index (Phi) is 4.43. The first-order chi connectivity index (χ1) is 10.2. The molecule has 0 spiro atoms. The van der Waals surface area contributed by atoms with Gasteiger partial charge in [0.05, 0.1) is 16.8 Å². The number of rotatable bonds is 5. The molecule has 0 unspecified atom stereocenters. The molecule has 2 aromatic carbocycles. The summed E-state index contributed by atoms with van der Waals surface area (Å²) in [5, 5.41) is 0. The van der Waals surface area contributed by atoms with E-state index in [9.17, 15) is 16.8 Å². The van der Waals surface area contributed by atoms with Gasteiger partial charge in [-0.2, -0.15) is 0 Å². The van der Waals surface area contributed by atoms with Crippen LogP contribution in [0.1, 0.15) is 0 Å². The second-order valence-electron chi connectivity index (χ2n) is 4.71. The Balaban J connectivity index is 2.28. The van der Waals surface area contributed by atoms with Crippen LogP contribution in [-0.4, -0.2) is 30.1 Å². The molecule has 0 radical (unpaired) electrons. The minimum Gasteiger partial charge on any atom is -0.284 e. The number of hydrogen-bond acceptors (Lipinski definition) is 4. The van der Waals surface area contributed by atoms with Crippen molar-refractivity contribution < 1.29 is 16.8 Å². The molecule has 0 fully saturated rings. The third-order valence-electron chi connectivity index (χ3n) is 2.94. The van der Waals surface area contributed by atoms with Gasteiger partial charge in [0.25, 0.3) is 10.0 Å². The zero-order valence-corrected chi connectivity index (χ0v) is 13.7. The first kappa shape index (κ1) is 16.3. The Morgan fingerprint density at radius 1 is 0.864 bits per heavy atom. The minimum atomic E-state index is -3.65. The van der Waals surface area contributed by atoms with E-state index in [2.05, 4.69) is 4.72 Å². The van der Waals surface area contributed by atoms with E-state index in [-0.39, 0.29) is 4.90 Å². The van der Waals surface area contributed by atoms with Gasteiger partial charge in [0, 0.05) is 12.7 Å². The lowest BCUT2D eigenvalue weighted by Gasteiger charge is -2.19. The summed E-state index contributed by atoms with van der Waals surface area (Å²) in [4.78, 5) is 0.191. The number of anilines is 2. The Morgan fingerprint density at radius 2 is 1.41 bits per heavy atom. The molecule has 118 valence electrons. The molecule has 2 rings (SSSR count). The molecule has 22 heavy (non-hydrogen) atoms. The molecular formula is C14H16N2O4S2. The number of benzene rings is 2. The van der Waals surface area contributed by atoms with Crippen molar-refractivity contribution in [1.29, 1.82) is 0 Å². The Bertz CT molecular complexity index is 845. The van der Waals surface area contributed by atoms with Gasteiger partial charge in [0.2, 0.25) is 10.0 Å². The molecule has 0 saturated heterocycles. The zero-order chi connectivity index (χ0) is 16.4. The highest BCUT2D eigenvalue weighted by molar-refractivity contribution is 7.92. The first-order valence-electron chi connectivity index (χ1n) is 6.32. The van der Waals surface area contributed by atoms with E-state index in [1.165, 1.54) is 43.4 Å². The molecule has 0 aliphatic heterocycles. The normalized spacial score (nSPS) is 11.9. The molecule has 0 aromatic heterocycles. The Hall–Kier alpha value is -2.06. The van der Waals surface area contributed by atoms with Crippen molar-refractivity contribution in [3.05, 3.63) is 54.6 Å². The highest BCUT2D eigenvalue weighted by atomic mass is 32.2. The van der Waals surface area contributed by atoms with Crippen molar-refractivity contribution in [2.75, 3.05) is 22.3 Å². The van der Waals surface area contributed by atoms with Crippen molar-refractivity contribution in [3.8, 4) is 0 Å². The molecular weight excluding hydrogens is 324 g/mol. The maximum Gasteiger partial charge on any atom is 0.264 e. The third-order valence-corrected chi connectivity index (χ3v) is 5.34. The molecule has 8 heteroatoms. The van der Waals surface area contributed by atoms with E-state index in [1.807, 2.05) is 0 Å². The van der Waals surface area contributed by atoms with Crippen LogP contribution < -0.4 is 9.03 Å². The van der Waals surface area contributed by atoms with Crippen LogP contribution in [0.4, 0.5) is 11.4 Å². The van der Waals surface area contributed by atoms with Crippen molar-refractivity contribution in [1.82, 2.24) is 0 Å². The number of hydrogen-bond donors (Lipinski definition) is 1. The highest BCUT2D eigenvalue weighted by Gasteiger charge is 2.20. The summed E-state index contributed by atoms with van der Waals surface area (Å²) in [6.07, 6.45) is 1.05. The van der Waals surface area contributed by atoms with E-state index >= 15 is 0 Å². The molecule has 2 aromatic rings. The van der Waals surface area contributed by atoms with E-state index in [4.69, 9.17) is 0 Å². The molecule has 0 aliphatic rings. The first-order valence-corrected chi connectivity index (χ1v) is 9.65. The van der Waals surface area contributed by atoms with Gasteiger partial charge in [-0.15, -0.1) is 0 Å². The van der Waals surface area contributed by atoms with Crippen LogP contribution in [0.25, 0.3) is 0 Å². The lowest BCUT2D eigenvalue weighted by Crippen LogP contribution is -2.26. The summed E-state index contributed by atoms with van der Waals surface area (Å²) >= 11 is 0. The van der Waals surface area contributed by atoms with Crippen LogP contribution in [-0.2, 0) is 20.0 Å². The maximum absolute atomic E-state index is 12.5. The van der Waals surface area contributed by atoms with E-state index < -0.39 is 20.0 Å². The molecule has 0 bridgehead atoms. The SMILES string of the molecule is CN(c1ccc(NS(C)(=O)=O)cc1)S(=O)(=O)c1ccccc1. The Morgan fingerprint density at radius 3 is 1.91 bits per heavy atom. The standard InChI is InChI=1S/C14H16N2O4S2/c1-16(22(19,20)14-6-4-3-5-7-14)13-10-8-12(9-11-13)15-21(2,17)18/h3-11,15H,1-2H3. The van der Waals surface area contributed by atoms with Gasteiger partial charge in [-0.1, -0.05) is 18.2 Å². The lowest BCUT2D eigenvalue weighted by atomic mass is 10.3. The quantitative estimate of drug-likeness (QED) is 0.901. The summed E-state index contributed by atoms with van der Waals surface area (Å²) in [5.41, 5.74) is 0.805. The van der Waals surface area contributed by atoms with Gasteiger partial charge in [0.15, 0.2) is 0 Å². The fourth-order valence-electron chi connectivity index (χ4n) is 1.84. The predicted octanol–water partition coefficient (Wildman–Crippen LogP) is 1.88. The number of nitrogens with one attached hydrogen (secondary N) is 1. The molecule has 6 nitrogen and oxygen atoms in total. The average molecular weight is 340 g/mol. The van der Waals surface area contributed by atoms with Crippen LogP contribution in [0.2, 0.25) is 0 Å².